The molecule has 1 aliphatic carbocycles. The highest BCUT2D eigenvalue weighted by Crippen LogP contribution is 2.33. The van der Waals surface area contributed by atoms with Gasteiger partial charge in [0.15, 0.2) is 9.84 Å². The zero-order valence-corrected chi connectivity index (χ0v) is 19.6. The first-order valence-electron chi connectivity index (χ1n) is 11.6. The molecule has 0 atom stereocenters. The van der Waals surface area contributed by atoms with E-state index in [4.69, 9.17) is 4.98 Å². The molecule has 0 N–H and O–H groups in total. The third-order valence-electron chi connectivity index (χ3n) is 7.13. The average molecular weight is 450 g/mol. The van der Waals surface area contributed by atoms with Crippen LogP contribution in [0.3, 0.4) is 0 Å². The van der Waals surface area contributed by atoms with Crippen molar-refractivity contribution >= 4 is 21.7 Å². The first-order chi connectivity index (χ1) is 14.8. The highest BCUT2D eigenvalue weighted by molar-refractivity contribution is 7.90. The predicted octanol–water partition coefficient (Wildman–Crippen LogP) is 1.92. The second-order valence-electron chi connectivity index (χ2n) is 9.49. The molecule has 3 fully saturated rings. The van der Waals surface area contributed by atoms with E-state index < -0.39 is 9.84 Å². The summed E-state index contributed by atoms with van der Waals surface area (Å²) in [6, 6.07) is 0. The summed E-state index contributed by atoms with van der Waals surface area (Å²) in [5.74, 6) is 1.47. The van der Waals surface area contributed by atoms with Crippen LogP contribution in [0.2, 0.25) is 0 Å². The first-order valence-corrected chi connectivity index (χ1v) is 13.5. The maximum Gasteiger partial charge on any atom is 0.225 e. The normalized spacial score (nSPS) is 22.3. The lowest BCUT2D eigenvalue weighted by Gasteiger charge is -2.34. The van der Waals surface area contributed by atoms with Crippen LogP contribution in [0.25, 0.3) is 0 Å². The summed E-state index contributed by atoms with van der Waals surface area (Å²) in [4.78, 5) is 28.5. The van der Waals surface area contributed by atoms with Gasteiger partial charge in [-0.1, -0.05) is 12.8 Å². The van der Waals surface area contributed by atoms with Gasteiger partial charge in [-0.25, -0.2) is 18.4 Å². The Morgan fingerprint density at radius 1 is 1.03 bits per heavy atom. The Morgan fingerprint density at radius 3 is 2.29 bits per heavy atom. The molecule has 1 aromatic rings. The summed E-state index contributed by atoms with van der Waals surface area (Å²) in [5, 5.41) is 0. The Morgan fingerprint density at radius 2 is 1.68 bits per heavy atom. The Hall–Kier alpha value is -1.74. The Labute approximate surface area is 185 Å². The second-order valence-corrected chi connectivity index (χ2v) is 11.5. The standard InChI is InChI=1S/C22H35N5O3S/c1-25-11-13-27(14-12-25)22-23-16-19(31(2,29)30)21(24-22)18-7-9-26(10-8-18)20(28)15-17-5-3-4-6-17/h16-18H,3-15H2,1-2H3. The lowest BCUT2D eigenvalue weighted by molar-refractivity contribution is -0.133. The number of piperazine rings is 1. The monoisotopic (exact) mass is 449 g/mol. The van der Waals surface area contributed by atoms with E-state index in [2.05, 4.69) is 21.8 Å². The number of likely N-dealkylation sites (N-methyl/N-ethyl adjacent to an activating group) is 1. The molecule has 0 radical (unpaired) electrons. The Kier molecular flexibility index (Phi) is 6.81. The van der Waals surface area contributed by atoms with Gasteiger partial charge in [-0.3, -0.25) is 4.79 Å². The smallest absolute Gasteiger partial charge is 0.225 e. The van der Waals surface area contributed by atoms with Gasteiger partial charge in [0, 0.05) is 57.9 Å². The van der Waals surface area contributed by atoms with E-state index >= 15 is 0 Å². The number of hydrogen-bond acceptors (Lipinski definition) is 7. The van der Waals surface area contributed by atoms with Crippen molar-refractivity contribution in [3.8, 4) is 0 Å². The number of rotatable bonds is 5. The van der Waals surface area contributed by atoms with Gasteiger partial charge < -0.3 is 14.7 Å². The molecule has 1 saturated carbocycles. The van der Waals surface area contributed by atoms with Crippen molar-refractivity contribution in [1.29, 1.82) is 0 Å². The highest BCUT2D eigenvalue weighted by atomic mass is 32.2. The van der Waals surface area contributed by atoms with E-state index in [1.807, 2.05) is 4.90 Å². The van der Waals surface area contributed by atoms with Gasteiger partial charge in [-0.15, -0.1) is 0 Å². The van der Waals surface area contributed by atoms with E-state index in [0.717, 1.165) is 39.0 Å². The topological polar surface area (TPSA) is 86.7 Å². The Balaban J connectivity index is 1.47. The SMILES string of the molecule is CN1CCN(c2ncc(S(C)(=O)=O)c(C3CCN(C(=O)CC4CCCC4)CC3)n2)CC1. The molecule has 4 rings (SSSR count). The number of hydrogen-bond donors (Lipinski definition) is 0. The van der Waals surface area contributed by atoms with E-state index in [1.165, 1.54) is 38.1 Å². The Bertz CT molecular complexity index is 884. The molecule has 2 aliphatic heterocycles. The van der Waals surface area contributed by atoms with Crippen molar-refractivity contribution in [3.05, 3.63) is 11.9 Å². The molecule has 9 heteroatoms. The van der Waals surface area contributed by atoms with Gasteiger partial charge in [-0.05, 0) is 38.6 Å². The maximum atomic E-state index is 12.7. The molecule has 172 valence electrons. The van der Waals surface area contributed by atoms with Crippen molar-refractivity contribution in [2.45, 2.75) is 55.8 Å². The van der Waals surface area contributed by atoms with Crippen LogP contribution in [0.4, 0.5) is 5.95 Å². The van der Waals surface area contributed by atoms with Crippen molar-refractivity contribution < 1.29 is 13.2 Å². The fourth-order valence-electron chi connectivity index (χ4n) is 5.10. The molecule has 0 aromatic carbocycles. The molecule has 1 aromatic heterocycles. The maximum absolute atomic E-state index is 12.7. The minimum atomic E-state index is -3.42. The highest BCUT2D eigenvalue weighted by Gasteiger charge is 2.31. The molecule has 3 heterocycles. The van der Waals surface area contributed by atoms with Crippen LogP contribution in [-0.2, 0) is 14.6 Å². The van der Waals surface area contributed by atoms with Crippen LogP contribution in [-0.4, -0.2) is 86.7 Å². The van der Waals surface area contributed by atoms with E-state index in [-0.39, 0.29) is 16.7 Å². The summed E-state index contributed by atoms with van der Waals surface area (Å²) in [6.07, 6.45) is 9.73. The number of piperidine rings is 1. The van der Waals surface area contributed by atoms with Crippen molar-refractivity contribution in [3.63, 3.8) is 0 Å². The molecule has 2 saturated heterocycles. The second kappa shape index (κ2) is 9.40. The molecular formula is C22H35N5O3S. The van der Waals surface area contributed by atoms with Crippen LogP contribution >= 0.6 is 0 Å². The van der Waals surface area contributed by atoms with Crippen molar-refractivity contribution in [2.24, 2.45) is 5.92 Å². The fourth-order valence-corrected chi connectivity index (χ4v) is 5.94. The number of carbonyl (C=O) groups excluding carboxylic acids is 1. The number of aromatic nitrogens is 2. The summed E-state index contributed by atoms with van der Waals surface area (Å²) >= 11 is 0. The number of carbonyl (C=O) groups is 1. The summed E-state index contributed by atoms with van der Waals surface area (Å²) < 4.78 is 24.9. The average Bonchev–Trinajstić information content (AvgIpc) is 3.26. The van der Waals surface area contributed by atoms with Gasteiger partial charge in [0.1, 0.15) is 4.90 Å². The predicted molar refractivity (Wildman–Crippen MR) is 120 cm³/mol. The van der Waals surface area contributed by atoms with Gasteiger partial charge in [0.25, 0.3) is 0 Å². The molecule has 0 unspecified atom stereocenters. The van der Waals surface area contributed by atoms with E-state index in [9.17, 15) is 13.2 Å². The lowest BCUT2D eigenvalue weighted by Crippen LogP contribution is -2.45. The van der Waals surface area contributed by atoms with E-state index in [0.29, 0.717) is 37.1 Å². The number of nitrogens with zero attached hydrogens (tertiary/aromatic N) is 5. The molecule has 8 nitrogen and oxygen atoms in total. The summed E-state index contributed by atoms with van der Waals surface area (Å²) in [5.41, 5.74) is 0.634. The van der Waals surface area contributed by atoms with Gasteiger partial charge in [0.2, 0.25) is 11.9 Å². The molecular weight excluding hydrogens is 414 g/mol. The first kappa shape index (κ1) is 22.5. The van der Waals surface area contributed by atoms with Crippen molar-refractivity contribution in [1.82, 2.24) is 19.8 Å². The molecule has 0 bridgehead atoms. The van der Waals surface area contributed by atoms with Crippen LogP contribution in [0, 0.1) is 5.92 Å². The quantitative estimate of drug-likeness (QED) is 0.679. The summed E-state index contributed by atoms with van der Waals surface area (Å²) in [6.45, 7) is 4.90. The third kappa shape index (κ3) is 5.37. The number of sulfone groups is 1. The van der Waals surface area contributed by atoms with Gasteiger partial charge >= 0.3 is 0 Å². The zero-order chi connectivity index (χ0) is 22.0. The van der Waals surface area contributed by atoms with Crippen molar-refractivity contribution in [2.75, 3.05) is 57.5 Å². The van der Waals surface area contributed by atoms with E-state index in [1.54, 1.807) is 0 Å². The lowest BCUT2D eigenvalue weighted by atomic mass is 9.92. The number of likely N-dealkylation sites (tertiary alicyclic amines) is 1. The van der Waals surface area contributed by atoms with Gasteiger partial charge in [-0.2, -0.15) is 0 Å². The van der Waals surface area contributed by atoms with Crippen LogP contribution in [0.1, 0.15) is 56.6 Å². The zero-order valence-electron chi connectivity index (χ0n) is 18.8. The minimum absolute atomic E-state index is 0.0365. The van der Waals surface area contributed by atoms with Crippen LogP contribution in [0.15, 0.2) is 11.1 Å². The minimum Gasteiger partial charge on any atom is -0.343 e. The number of amides is 1. The molecule has 0 spiro atoms. The van der Waals surface area contributed by atoms with Gasteiger partial charge in [0.05, 0.1) is 11.9 Å². The van der Waals surface area contributed by atoms with Crippen LogP contribution in [0.5, 0.6) is 0 Å². The number of anilines is 1. The largest absolute Gasteiger partial charge is 0.343 e. The fraction of sp³-hybridized carbons (Fsp3) is 0.773. The van der Waals surface area contributed by atoms with Crippen LogP contribution < -0.4 is 4.90 Å². The molecule has 1 amide bonds. The third-order valence-corrected chi connectivity index (χ3v) is 8.24. The molecule has 3 aliphatic rings. The molecule has 31 heavy (non-hydrogen) atoms. The summed E-state index contributed by atoms with van der Waals surface area (Å²) in [7, 11) is -1.32.